The van der Waals surface area contributed by atoms with Gasteiger partial charge in [-0.05, 0) is 37.5 Å². The lowest BCUT2D eigenvalue weighted by molar-refractivity contribution is 0.430. The Balaban J connectivity index is 1.76. The smallest absolute Gasteiger partial charge is 0.0213 e. The molecular weight excluding hydrogens is 192 g/mol. The number of hydrogen-bond acceptors (Lipinski definition) is 0. The van der Waals surface area contributed by atoms with E-state index in [9.17, 15) is 0 Å². The van der Waals surface area contributed by atoms with Crippen molar-refractivity contribution < 1.29 is 0 Å². The zero-order chi connectivity index (χ0) is 11.1. The third-order valence-electron chi connectivity index (χ3n) is 3.83. The van der Waals surface area contributed by atoms with Crippen LogP contribution >= 0.6 is 0 Å². The lowest BCUT2D eigenvalue weighted by atomic mass is 9.89. The summed E-state index contributed by atoms with van der Waals surface area (Å²) < 4.78 is 0. The molecule has 2 aliphatic rings. The number of hydrogen-bond donors (Lipinski definition) is 0. The first-order valence-electron chi connectivity index (χ1n) is 6.96. The summed E-state index contributed by atoms with van der Waals surface area (Å²) in [5.41, 5.74) is 0. The van der Waals surface area contributed by atoms with Crippen LogP contribution in [-0.2, 0) is 0 Å². The zero-order valence-corrected chi connectivity index (χ0v) is 10.2. The van der Waals surface area contributed by atoms with Crippen molar-refractivity contribution in [3.8, 4) is 23.7 Å². The van der Waals surface area contributed by atoms with Crippen LogP contribution in [0.3, 0.4) is 0 Å². The second-order valence-corrected chi connectivity index (χ2v) is 5.21. The Morgan fingerprint density at radius 2 is 0.875 bits per heavy atom. The molecule has 0 aliphatic heterocycles. The van der Waals surface area contributed by atoms with Gasteiger partial charge >= 0.3 is 0 Å². The minimum Gasteiger partial charge on any atom is -0.0857 e. The van der Waals surface area contributed by atoms with Crippen molar-refractivity contribution in [2.45, 2.75) is 64.2 Å². The molecular formula is C16H22. The van der Waals surface area contributed by atoms with Gasteiger partial charge in [-0.15, -0.1) is 0 Å². The van der Waals surface area contributed by atoms with E-state index < -0.39 is 0 Å². The average molecular weight is 214 g/mol. The van der Waals surface area contributed by atoms with Crippen LogP contribution in [0.5, 0.6) is 0 Å². The molecule has 2 rings (SSSR count). The van der Waals surface area contributed by atoms with Gasteiger partial charge in [0, 0.05) is 11.8 Å². The summed E-state index contributed by atoms with van der Waals surface area (Å²) in [5.74, 6) is 14.2. The normalized spacial score (nSPS) is 22.8. The highest BCUT2D eigenvalue weighted by Gasteiger charge is 2.10. The lowest BCUT2D eigenvalue weighted by Gasteiger charge is -2.15. The Morgan fingerprint density at radius 1 is 0.500 bits per heavy atom. The molecule has 0 aromatic carbocycles. The number of rotatable bonds is 0. The Hall–Kier alpha value is -0.880. The van der Waals surface area contributed by atoms with Crippen LogP contribution in [0.1, 0.15) is 64.2 Å². The molecule has 16 heavy (non-hydrogen) atoms. The summed E-state index contributed by atoms with van der Waals surface area (Å²) in [6, 6.07) is 0. The van der Waals surface area contributed by atoms with E-state index >= 15 is 0 Å². The summed E-state index contributed by atoms with van der Waals surface area (Å²) in [6.45, 7) is 0. The van der Waals surface area contributed by atoms with Gasteiger partial charge in [-0.1, -0.05) is 50.4 Å². The van der Waals surface area contributed by atoms with Crippen LogP contribution in [0.2, 0.25) is 0 Å². The van der Waals surface area contributed by atoms with Crippen LogP contribution in [0.15, 0.2) is 0 Å². The predicted octanol–water partition coefficient (Wildman–Crippen LogP) is 4.15. The molecule has 0 nitrogen and oxygen atoms in total. The summed E-state index contributed by atoms with van der Waals surface area (Å²) in [7, 11) is 0. The van der Waals surface area contributed by atoms with Gasteiger partial charge in [0.1, 0.15) is 0 Å². The molecule has 0 aromatic heterocycles. The van der Waals surface area contributed by atoms with Crippen molar-refractivity contribution >= 4 is 0 Å². The second kappa shape index (κ2) is 6.65. The second-order valence-electron chi connectivity index (χ2n) is 5.21. The minimum atomic E-state index is 0.648. The molecule has 2 saturated carbocycles. The van der Waals surface area contributed by atoms with Gasteiger partial charge in [-0.3, -0.25) is 0 Å². The van der Waals surface area contributed by atoms with E-state index in [0.29, 0.717) is 11.8 Å². The molecule has 86 valence electrons. The van der Waals surface area contributed by atoms with Crippen molar-refractivity contribution in [1.29, 1.82) is 0 Å². The van der Waals surface area contributed by atoms with Gasteiger partial charge in [-0.25, -0.2) is 0 Å². The van der Waals surface area contributed by atoms with Crippen LogP contribution in [0.25, 0.3) is 0 Å². The fourth-order valence-corrected chi connectivity index (χ4v) is 2.77. The first-order valence-corrected chi connectivity index (χ1v) is 6.96. The van der Waals surface area contributed by atoms with E-state index in [0.717, 1.165) is 0 Å². The third-order valence-corrected chi connectivity index (χ3v) is 3.83. The van der Waals surface area contributed by atoms with Gasteiger partial charge in [-0.2, -0.15) is 0 Å². The van der Waals surface area contributed by atoms with E-state index in [1.165, 1.54) is 64.2 Å². The topological polar surface area (TPSA) is 0 Å². The van der Waals surface area contributed by atoms with Crippen LogP contribution in [-0.4, -0.2) is 0 Å². The maximum absolute atomic E-state index is 3.34. The van der Waals surface area contributed by atoms with Gasteiger partial charge in [0.05, 0.1) is 0 Å². The van der Waals surface area contributed by atoms with Crippen molar-refractivity contribution in [1.82, 2.24) is 0 Å². The molecule has 0 saturated heterocycles. The van der Waals surface area contributed by atoms with Gasteiger partial charge in [0.15, 0.2) is 0 Å². The van der Waals surface area contributed by atoms with Crippen molar-refractivity contribution in [3.63, 3.8) is 0 Å². The van der Waals surface area contributed by atoms with E-state index in [1.54, 1.807) is 0 Å². The Morgan fingerprint density at radius 3 is 1.25 bits per heavy atom. The van der Waals surface area contributed by atoms with Gasteiger partial charge in [0.25, 0.3) is 0 Å². The fourth-order valence-electron chi connectivity index (χ4n) is 2.77. The van der Waals surface area contributed by atoms with Crippen LogP contribution < -0.4 is 0 Å². The van der Waals surface area contributed by atoms with Crippen molar-refractivity contribution in [2.75, 3.05) is 0 Å². The minimum absolute atomic E-state index is 0.648. The van der Waals surface area contributed by atoms with Crippen molar-refractivity contribution in [2.24, 2.45) is 11.8 Å². The largest absolute Gasteiger partial charge is 0.0857 e. The van der Waals surface area contributed by atoms with Gasteiger partial charge in [0.2, 0.25) is 0 Å². The molecule has 0 spiro atoms. The molecule has 0 unspecified atom stereocenters. The molecule has 2 fully saturated rings. The molecule has 0 N–H and O–H groups in total. The quantitative estimate of drug-likeness (QED) is 0.531. The third kappa shape index (κ3) is 3.94. The molecule has 2 aliphatic carbocycles. The summed E-state index contributed by atoms with van der Waals surface area (Å²) >= 11 is 0. The van der Waals surface area contributed by atoms with Gasteiger partial charge < -0.3 is 0 Å². The monoisotopic (exact) mass is 214 g/mol. The molecule has 0 bridgehead atoms. The lowest BCUT2D eigenvalue weighted by Crippen LogP contribution is -2.03. The predicted molar refractivity (Wildman–Crippen MR) is 68.7 cm³/mol. The summed E-state index contributed by atoms with van der Waals surface area (Å²) in [6.07, 6.45) is 13.5. The highest BCUT2D eigenvalue weighted by molar-refractivity contribution is 5.28. The molecule has 0 heteroatoms. The molecule has 0 aromatic rings. The highest BCUT2D eigenvalue weighted by Crippen LogP contribution is 2.23. The first kappa shape index (κ1) is 11.6. The summed E-state index contributed by atoms with van der Waals surface area (Å²) in [4.78, 5) is 0. The first-order chi connectivity index (χ1) is 7.95. The molecule has 0 heterocycles. The molecule has 0 amide bonds. The molecule has 0 atom stereocenters. The van der Waals surface area contributed by atoms with Crippen molar-refractivity contribution in [3.05, 3.63) is 0 Å². The molecule has 0 radical (unpaired) electrons. The van der Waals surface area contributed by atoms with E-state index in [1.807, 2.05) is 0 Å². The average Bonchev–Trinajstić information content (AvgIpc) is 2.37. The van der Waals surface area contributed by atoms with E-state index in [2.05, 4.69) is 23.7 Å². The van der Waals surface area contributed by atoms with E-state index in [4.69, 9.17) is 0 Å². The van der Waals surface area contributed by atoms with E-state index in [-0.39, 0.29) is 0 Å². The maximum atomic E-state index is 3.34. The van der Waals surface area contributed by atoms with Crippen LogP contribution in [0.4, 0.5) is 0 Å². The summed E-state index contributed by atoms with van der Waals surface area (Å²) in [5, 5.41) is 0. The fraction of sp³-hybridized carbons (Fsp3) is 0.750. The Kier molecular flexibility index (Phi) is 4.82. The highest BCUT2D eigenvalue weighted by atomic mass is 14.1. The maximum Gasteiger partial charge on any atom is 0.0213 e. The standard InChI is InChI=1S/C16H22/c1-3-9-15(10-4-1)13-7-8-14-16-11-5-2-6-12-16/h15-16H,1-6,9-12H2. The Bertz CT molecular complexity index is 271. The van der Waals surface area contributed by atoms with Crippen LogP contribution in [0, 0.1) is 35.5 Å². The Labute approximate surface area is 100 Å². The zero-order valence-electron chi connectivity index (χ0n) is 10.2. The SMILES string of the molecule is C(C#CC1CCCCC1)#CC1CCCCC1.